The molecule has 5 heteroatoms. The fourth-order valence-electron chi connectivity index (χ4n) is 2.94. The zero-order chi connectivity index (χ0) is 16.8. The summed E-state index contributed by atoms with van der Waals surface area (Å²) in [6.07, 6.45) is 1.77. The van der Waals surface area contributed by atoms with Crippen molar-refractivity contribution in [3.05, 3.63) is 35.9 Å². The topological polar surface area (TPSA) is 63.7 Å². The first-order valence-corrected chi connectivity index (χ1v) is 8.15. The molecule has 0 aliphatic carbocycles. The Morgan fingerprint density at radius 2 is 1.91 bits per heavy atom. The van der Waals surface area contributed by atoms with Crippen molar-refractivity contribution in [1.82, 2.24) is 4.90 Å². The number of hydrogen-bond donors (Lipinski definition) is 0. The molecule has 5 nitrogen and oxygen atoms in total. The van der Waals surface area contributed by atoms with E-state index in [0.29, 0.717) is 6.54 Å². The molecular weight excluding hydrogens is 294 g/mol. The Morgan fingerprint density at radius 3 is 2.52 bits per heavy atom. The zero-order valence-electron chi connectivity index (χ0n) is 13.7. The van der Waals surface area contributed by atoms with Gasteiger partial charge in [0.15, 0.2) is 0 Å². The van der Waals surface area contributed by atoms with E-state index in [1.807, 2.05) is 37.3 Å². The Kier molecular flexibility index (Phi) is 5.90. The third-order valence-electron chi connectivity index (χ3n) is 4.13. The number of nitrogens with zero attached hydrogens (tertiary/aromatic N) is 1. The largest absolute Gasteiger partial charge is 0.465 e. The molecule has 0 spiro atoms. The number of unbranched alkanes of at least 4 members (excludes halogenated alkanes) is 1. The maximum atomic E-state index is 12.7. The van der Waals surface area contributed by atoms with E-state index in [2.05, 4.69) is 0 Å². The smallest absolute Gasteiger partial charge is 0.319 e. The van der Waals surface area contributed by atoms with Gasteiger partial charge < -0.3 is 4.74 Å². The predicted octanol–water partition coefficient (Wildman–Crippen LogP) is 2.51. The normalized spacial score (nSPS) is 21.4. The first-order chi connectivity index (χ1) is 11.1. The molecule has 2 amide bonds. The fourth-order valence-corrected chi connectivity index (χ4v) is 2.94. The second-order valence-corrected chi connectivity index (χ2v) is 5.69. The van der Waals surface area contributed by atoms with Crippen LogP contribution in [0.2, 0.25) is 0 Å². The van der Waals surface area contributed by atoms with Gasteiger partial charge in [0.1, 0.15) is 5.92 Å². The van der Waals surface area contributed by atoms with Crippen LogP contribution in [0.1, 0.15) is 44.6 Å². The van der Waals surface area contributed by atoms with Crippen molar-refractivity contribution < 1.29 is 19.1 Å². The van der Waals surface area contributed by atoms with Crippen LogP contribution in [0.25, 0.3) is 0 Å². The summed E-state index contributed by atoms with van der Waals surface area (Å²) in [6, 6.07) is 9.24. The first-order valence-electron chi connectivity index (χ1n) is 8.15. The maximum absolute atomic E-state index is 12.7. The van der Waals surface area contributed by atoms with Gasteiger partial charge in [-0.05, 0) is 18.9 Å². The Morgan fingerprint density at radius 1 is 1.22 bits per heavy atom. The van der Waals surface area contributed by atoms with Crippen molar-refractivity contribution in [2.75, 3.05) is 13.2 Å². The van der Waals surface area contributed by atoms with Gasteiger partial charge in [0, 0.05) is 18.9 Å². The monoisotopic (exact) mass is 317 g/mol. The number of amides is 2. The van der Waals surface area contributed by atoms with E-state index in [0.717, 1.165) is 18.4 Å². The van der Waals surface area contributed by atoms with E-state index >= 15 is 0 Å². The van der Waals surface area contributed by atoms with E-state index in [1.165, 1.54) is 4.90 Å². The Balaban J connectivity index is 2.32. The standard InChI is InChI=1S/C18H23NO4/c1-3-5-11-19-15(20)12-14(13-9-7-6-8-10-13)16(17(19)21)18(22)23-4-2/h6-10,14,16H,3-5,11-12H2,1-2H3. The molecule has 23 heavy (non-hydrogen) atoms. The number of likely N-dealkylation sites (tertiary alicyclic amines) is 1. The number of ether oxygens (including phenoxy) is 1. The molecule has 1 fully saturated rings. The van der Waals surface area contributed by atoms with Crippen LogP contribution >= 0.6 is 0 Å². The van der Waals surface area contributed by atoms with Gasteiger partial charge in [0.05, 0.1) is 6.61 Å². The van der Waals surface area contributed by atoms with Gasteiger partial charge in [0.2, 0.25) is 11.8 Å². The third kappa shape index (κ3) is 3.78. The minimum atomic E-state index is -0.938. The highest BCUT2D eigenvalue weighted by molar-refractivity contribution is 6.08. The molecule has 0 aromatic heterocycles. The van der Waals surface area contributed by atoms with Gasteiger partial charge in [0.25, 0.3) is 0 Å². The average molecular weight is 317 g/mol. The van der Waals surface area contributed by atoms with E-state index in [9.17, 15) is 14.4 Å². The quantitative estimate of drug-likeness (QED) is 0.459. The minimum absolute atomic E-state index is 0.156. The highest BCUT2D eigenvalue weighted by Crippen LogP contribution is 2.35. The van der Waals surface area contributed by atoms with E-state index < -0.39 is 23.7 Å². The lowest BCUT2D eigenvalue weighted by atomic mass is 9.79. The number of benzene rings is 1. The van der Waals surface area contributed by atoms with E-state index in [1.54, 1.807) is 6.92 Å². The molecule has 0 N–H and O–H groups in total. The van der Waals surface area contributed by atoms with Crippen LogP contribution in [0.5, 0.6) is 0 Å². The Bertz CT molecular complexity index is 570. The highest BCUT2D eigenvalue weighted by atomic mass is 16.5. The van der Waals surface area contributed by atoms with Crippen molar-refractivity contribution in [3.8, 4) is 0 Å². The number of piperidine rings is 1. The molecule has 1 aromatic carbocycles. The van der Waals surface area contributed by atoms with Crippen molar-refractivity contribution in [2.24, 2.45) is 5.92 Å². The molecule has 1 aliphatic heterocycles. The minimum Gasteiger partial charge on any atom is -0.465 e. The molecule has 0 bridgehead atoms. The number of rotatable bonds is 6. The van der Waals surface area contributed by atoms with E-state index in [-0.39, 0.29) is 18.9 Å². The number of carbonyl (C=O) groups excluding carboxylic acids is 3. The predicted molar refractivity (Wildman–Crippen MR) is 85.6 cm³/mol. The lowest BCUT2D eigenvalue weighted by Crippen LogP contribution is -2.51. The molecule has 1 heterocycles. The van der Waals surface area contributed by atoms with Crippen LogP contribution in [-0.4, -0.2) is 35.8 Å². The third-order valence-corrected chi connectivity index (χ3v) is 4.13. The molecule has 1 aromatic rings. The lowest BCUT2D eigenvalue weighted by molar-refractivity contribution is -0.163. The summed E-state index contributed by atoms with van der Waals surface area (Å²) in [7, 11) is 0. The highest BCUT2D eigenvalue weighted by Gasteiger charge is 2.46. The number of esters is 1. The molecule has 2 rings (SSSR count). The van der Waals surface area contributed by atoms with Crippen LogP contribution in [0.3, 0.4) is 0 Å². The fraction of sp³-hybridized carbons (Fsp3) is 0.500. The van der Waals surface area contributed by atoms with Gasteiger partial charge in [-0.25, -0.2) is 0 Å². The summed E-state index contributed by atoms with van der Waals surface area (Å²) in [6.45, 7) is 4.29. The summed E-state index contributed by atoms with van der Waals surface area (Å²) < 4.78 is 5.09. The van der Waals surface area contributed by atoms with Gasteiger partial charge in [-0.2, -0.15) is 0 Å². The van der Waals surface area contributed by atoms with Crippen molar-refractivity contribution >= 4 is 17.8 Å². The molecule has 1 aliphatic rings. The second kappa shape index (κ2) is 7.90. The van der Waals surface area contributed by atoms with Gasteiger partial charge in [-0.1, -0.05) is 43.7 Å². The molecule has 0 saturated carbocycles. The van der Waals surface area contributed by atoms with Crippen LogP contribution < -0.4 is 0 Å². The summed E-state index contributed by atoms with van der Waals surface area (Å²) in [5, 5.41) is 0. The number of carbonyl (C=O) groups is 3. The van der Waals surface area contributed by atoms with Crippen LogP contribution in [0, 0.1) is 5.92 Å². The molecule has 0 radical (unpaired) electrons. The summed E-state index contributed by atoms with van der Waals surface area (Å²) >= 11 is 0. The second-order valence-electron chi connectivity index (χ2n) is 5.69. The van der Waals surface area contributed by atoms with Crippen LogP contribution in [0.4, 0.5) is 0 Å². The van der Waals surface area contributed by atoms with Crippen molar-refractivity contribution in [3.63, 3.8) is 0 Å². The van der Waals surface area contributed by atoms with Crippen LogP contribution in [0.15, 0.2) is 30.3 Å². The van der Waals surface area contributed by atoms with Gasteiger partial charge >= 0.3 is 5.97 Å². The summed E-state index contributed by atoms with van der Waals surface area (Å²) in [5.74, 6) is -2.57. The summed E-state index contributed by atoms with van der Waals surface area (Å²) in [4.78, 5) is 38.7. The average Bonchev–Trinajstić information content (AvgIpc) is 2.55. The Labute approximate surface area is 136 Å². The van der Waals surface area contributed by atoms with Crippen LogP contribution in [-0.2, 0) is 19.1 Å². The number of hydrogen-bond acceptors (Lipinski definition) is 4. The van der Waals surface area contributed by atoms with Crippen molar-refractivity contribution in [2.45, 2.75) is 39.0 Å². The molecule has 2 atom stereocenters. The number of imide groups is 1. The molecule has 124 valence electrons. The first kappa shape index (κ1) is 17.2. The summed E-state index contributed by atoms with van der Waals surface area (Å²) in [5.41, 5.74) is 0.822. The SMILES string of the molecule is CCCCN1C(=O)CC(c2ccccc2)C(C(=O)OCC)C1=O. The lowest BCUT2D eigenvalue weighted by Gasteiger charge is -2.35. The van der Waals surface area contributed by atoms with Gasteiger partial charge in [-0.15, -0.1) is 0 Å². The molecular formula is C18H23NO4. The van der Waals surface area contributed by atoms with Crippen molar-refractivity contribution in [1.29, 1.82) is 0 Å². The van der Waals surface area contributed by atoms with Gasteiger partial charge in [-0.3, -0.25) is 19.3 Å². The maximum Gasteiger partial charge on any atom is 0.319 e. The van der Waals surface area contributed by atoms with E-state index in [4.69, 9.17) is 4.74 Å². The zero-order valence-corrected chi connectivity index (χ0v) is 13.7. The molecule has 2 unspecified atom stereocenters. The molecule has 1 saturated heterocycles. The Hall–Kier alpha value is -2.17.